The molecular formula is C28H35ClFN6O3S+. The number of halogens is 2. The van der Waals surface area contributed by atoms with Crippen LogP contribution in [-0.4, -0.2) is 26.5 Å². The van der Waals surface area contributed by atoms with Crippen molar-refractivity contribution in [3.8, 4) is 0 Å². The summed E-state index contributed by atoms with van der Waals surface area (Å²) in [6.45, 7) is 10.1. The van der Waals surface area contributed by atoms with Crippen LogP contribution in [0.1, 0.15) is 45.1 Å². The molecule has 1 aliphatic rings. The van der Waals surface area contributed by atoms with Gasteiger partial charge in [-0.15, -0.1) is 12.1 Å². The van der Waals surface area contributed by atoms with Crippen LogP contribution < -0.4 is 25.6 Å². The molecule has 0 fully saturated rings. The summed E-state index contributed by atoms with van der Waals surface area (Å²) in [5.41, 5.74) is 7.28. The molecule has 3 heterocycles. The number of hydrogen-bond acceptors (Lipinski definition) is 7. The number of nitrogens with two attached hydrogens (primary N) is 1. The first-order valence-electron chi connectivity index (χ1n) is 13.2. The van der Waals surface area contributed by atoms with Crippen LogP contribution in [0, 0.1) is 11.7 Å². The Labute approximate surface area is 239 Å². The van der Waals surface area contributed by atoms with Gasteiger partial charge in [-0.2, -0.15) is 5.01 Å². The zero-order chi connectivity index (χ0) is 28.7. The van der Waals surface area contributed by atoms with Crippen molar-refractivity contribution in [1.82, 2.24) is 10.4 Å². The van der Waals surface area contributed by atoms with Crippen molar-refractivity contribution in [3.63, 3.8) is 0 Å². The highest BCUT2D eigenvalue weighted by atomic mass is 35.5. The summed E-state index contributed by atoms with van der Waals surface area (Å²) in [5, 5.41) is 1.40. The number of rotatable bonds is 14. The molecule has 0 saturated carbocycles. The minimum Gasteiger partial charge on any atom is -0.471 e. The molecular weight excluding hydrogens is 555 g/mol. The van der Waals surface area contributed by atoms with E-state index >= 15 is 0 Å². The van der Waals surface area contributed by atoms with Crippen LogP contribution in [0.4, 0.5) is 21.5 Å². The number of nitrogens with zero attached hydrogens (tertiary/aromatic N) is 3. The number of benzene rings is 1. The number of allylic oxidation sites excluding steroid dienone is 1. The average molecular weight is 590 g/mol. The number of anilines is 3. The fourth-order valence-electron chi connectivity index (χ4n) is 4.56. The Bertz CT molecular complexity index is 1450. The first-order chi connectivity index (χ1) is 19.3. The van der Waals surface area contributed by atoms with E-state index in [1.54, 1.807) is 17.9 Å². The lowest BCUT2D eigenvalue weighted by atomic mass is 9.98. The monoisotopic (exact) mass is 589 g/mol. The highest BCUT2D eigenvalue weighted by Crippen LogP contribution is 2.36. The molecule has 4 rings (SSSR count). The highest BCUT2D eigenvalue weighted by molar-refractivity contribution is 7.92. The zero-order valence-electron chi connectivity index (χ0n) is 22.6. The van der Waals surface area contributed by atoms with E-state index in [0.29, 0.717) is 11.6 Å². The number of quaternary nitrogens is 1. The number of aromatic nitrogens is 1. The second-order valence-electron chi connectivity index (χ2n) is 9.55. The van der Waals surface area contributed by atoms with E-state index in [0.717, 1.165) is 62.4 Å². The van der Waals surface area contributed by atoms with Gasteiger partial charge in [-0.25, -0.2) is 18.2 Å². The molecule has 0 aliphatic carbocycles. The van der Waals surface area contributed by atoms with Crippen LogP contribution in [0.25, 0.3) is 5.70 Å². The third kappa shape index (κ3) is 6.78. The van der Waals surface area contributed by atoms with Gasteiger partial charge in [0.1, 0.15) is 16.9 Å². The summed E-state index contributed by atoms with van der Waals surface area (Å²) < 4.78 is 47.6. The molecule has 1 unspecified atom stereocenters. The van der Waals surface area contributed by atoms with Crippen molar-refractivity contribution >= 4 is 44.4 Å². The lowest BCUT2D eigenvalue weighted by molar-refractivity contribution is -0.696. The van der Waals surface area contributed by atoms with E-state index in [4.69, 9.17) is 16.0 Å². The molecule has 3 aromatic rings. The Morgan fingerprint density at radius 2 is 2.12 bits per heavy atom. The van der Waals surface area contributed by atoms with Gasteiger partial charge in [0.15, 0.2) is 11.5 Å². The lowest BCUT2D eigenvalue weighted by Gasteiger charge is -2.26. The normalized spacial score (nSPS) is 14.0. The van der Waals surface area contributed by atoms with Gasteiger partial charge in [-0.1, -0.05) is 37.9 Å². The van der Waals surface area contributed by atoms with Gasteiger partial charge in [0.25, 0.3) is 10.0 Å². The molecule has 40 heavy (non-hydrogen) atoms. The van der Waals surface area contributed by atoms with Crippen molar-refractivity contribution in [2.24, 2.45) is 5.92 Å². The van der Waals surface area contributed by atoms with Gasteiger partial charge in [-0.05, 0) is 49.4 Å². The number of hydrogen-bond donors (Lipinski definition) is 3. The predicted octanol–water partition coefficient (Wildman–Crippen LogP) is 5.28. The number of pyridine rings is 1. The van der Waals surface area contributed by atoms with Gasteiger partial charge >= 0.3 is 0 Å². The minimum absolute atomic E-state index is 0.00103. The second kappa shape index (κ2) is 13.2. The molecule has 9 nitrogen and oxygen atoms in total. The third-order valence-electron chi connectivity index (χ3n) is 6.78. The summed E-state index contributed by atoms with van der Waals surface area (Å²) in [5.74, 6) is -0.0206. The lowest BCUT2D eigenvalue weighted by Crippen LogP contribution is -2.97. The second-order valence-corrected chi connectivity index (χ2v) is 11.6. The van der Waals surface area contributed by atoms with Crippen LogP contribution in [0.3, 0.4) is 0 Å². The van der Waals surface area contributed by atoms with Gasteiger partial charge < -0.3 is 9.32 Å². The minimum atomic E-state index is -3.96. The molecule has 0 spiro atoms. The van der Waals surface area contributed by atoms with E-state index in [2.05, 4.69) is 46.5 Å². The molecule has 1 aromatic carbocycles. The van der Waals surface area contributed by atoms with Crippen molar-refractivity contribution in [2.45, 2.75) is 44.4 Å². The molecule has 1 atom stereocenters. The molecule has 2 aromatic heterocycles. The summed E-state index contributed by atoms with van der Waals surface area (Å²) >= 11 is 6.52. The first-order valence-corrected chi connectivity index (χ1v) is 15.1. The van der Waals surface area contributed by atoms with E-state index in [9.17, 15) is 12.8 Å². The average Bonchev–Trinajstić information content (AvgIpc) is 3.66. The molecule has 0 amide bonds. The largest absolute Gasteiger partial charge is 0.471 e. The quantitative estimate of drug-likeness (QED) is 0.173. The fraction of sp³-hybridized carbons (Fsp3) is 0.321. The van der Waals surface area contributed by atoms with Crippen molar-refractivity contribution in [2.75, 3.05) is 27.7 Å². The van der Waals surface area contributed by atoms with Crippen LogP contribution in [0.5, 0.6) is 0 Å². The molecule has 4 N–H and O–H groups in total. The van der Waals surface area contributed by atoms with Gasteiger partial charge in [-0.3, -0.25) is 9.71 Å². The maximum Gasteiger partial charge on any atom is 0.265 e. The standard InChI is InChI=1S/C28H34ClFN6O3S/c1-4-7-20(6-3)10-13-35(12-5-2)22-15-21(16-31-17-22)26-18-36(34-32-26)28-24(30)8-9-25(27(28)29)33-40(37,38)23-11-14-39-19-23/h4,8-9,11,14-20,32-34H,1,5-7,10,12-13H2,2-3H3/p+1. The predicted molar refractivity (Wildman–Crippen MR) is 156 cm³/mol. The van der Waals surface area contributed by atoms with Crippen molar-refractivity contribution in [1.29, 1.82) is 0 Å². The summed E-state index contributed by atoms with van der Waals surface area (Å²) in [7, 11) is -3.96. The highest BCUT2D eigenvalue weighted by Gasteiger charge is 2.27. The SMILES string of the molecule is C=CCC(CC)CCN(CCC)c1cncc(C2=CN(c3c(F)ccc(NS(=O)(=O)c4ccoc4)c3Cl)[NH2+]N2)c1. The summed E-state index contributed by atoms with van der Waals surface area (Å²) in [4.78, 5) is 6.74. The smallest absolute Gasteiger partial charge is 0.265 e. The van der Waals surface area contributed by atoms with E-state index in [1.165, 1.54) is 23.4 Å². The molecule has 12 heteroatoms. The zero-order valence-corrected chi connectivity index (χ0v) is 24.2. The fourth-order valence-corrected chi connectivity index (χ4v) is 5.90. The van der Waals surface area contributed by atoms with E-state index in [1.807, 2.05) is 12.3 Å². The van der Waals surface area contributed by atoms with Gasteiger partial charge in [0.05, 0.1) is 35.1 Å². The number of sulfonamides is 1. The topological polar surface area (TPSA) is 107 Å². The number of furan rings is 1. The molecule has 0 radical (unpaired) electrons. The number of nitrogens with one attached hydrogen (secondary N) is 2. The summed E-state index contributed by atoms with van der Waals surface area (Å²) in [6, 6.07) is 5.80. The Hall–Kier alpha value is -3.54. The Balaban J connectivity index is 1.56. The van der Waals surface area contributed by atoms with Crippen LogP contribution in [0.15, 0.2) is 77.4 Å². The van der Waals surface area contributed by atoms with Crippen molar-refractivity contribution < 1.29 is 22.8 Å². The van der Waals surface area contributed by atoms with Crippen molar-refractivity contribution in [3.05, 3.63) is 84.4 Å². The van der Waals surface area contributed by atoms with Crippen LogP contribution in [0.2, 0.25) is 5.02 Å². The van der Waals surface area contributed by atoms with E-state index in [-0.39, 0.29) is 21.3 Å². The molecule has 214 valence electrons. The maximum absolute atomic E-state index is 15.0. The Kier molecular flexibility index (Phi) is 9.72. The Morgan fingerprint density at radius 1 is 1.30 bits per heavy atom. The molecule has 0 saturated heterocycles. The van der Waals surface area contributed by atoms with Crippen LogP contribution >= 0.6 is 11.6 Å². The summed E-state index contributed by atoms with van der Waals surface area (Å²) in [6.07, 6.45) is 13.8. The van der Waals surface area contributed by atoms with E-state index < -0.39 is 15.8 Å². The molecule has 1 aliphatic heterocycles. The maximum atomic E-state index is 15.0. The van der Waals surface area contributed by atoms with Gasteiger partial charge in [0, 0.05) is 24.8 Å². The Morgan fingerprint density at radius 3 is 2.83 bits per heavy atom. The third-order valence-corrected chi connectivity index (χ3v) is 8.50. The van der Waals surface area contributed by atoms with Gasteiger partial charge in [0.2, 0.25) is 0 Å². The van der Waals surface area contributed by atoms with Crippen LogP contribution in [-0.2, 0) is 10.0 Å². The first kappa shape index (κ1) is 29.4. The molecule has 0 bridgehead atoms.